The molecule has 1 fully saturated rings. The van der Waals surface area contributed by atoms with Gasteiger partial charge in [-0.2, -0.15) is 0 Å². The van der Waals surface area contributed by atoms with E-state index in [0.717, 1.165) is 36.4 Å². The first kappa shape index (κ1) is 14.1. The number of rotatable bonds is 3. The van der Waals surface area contributed by atoms with E-state index >= 15 is 0 Å². The van der Waals surface area contributed by atoms with Gasteiger partial charge in [-0.1, -0.05) is 13.8 Å². The van der Waals surface area contributed by atoms with Gasteiger partial charge in [0.15, 0.2) is 0 Å². The van der Waals surface area contributed by atoms with Crippen molar-refractivity contribution in [1.82, 2.24) is 14.5 Å². The number of carboxylic acids is 1. The second-order valence-electron chi connectivity index (χ2n) is 6.21. The summed E-state index contributed by atoms with van der Waals surface area (Å²) >= 11 is 0. The van der Waals surface area contributed by atoms with Crippen LogP contribution in [0.4, 0.5) is 0 Å². The molecule has 1 aromatic heterocycles. The Morgan fingerprint density at radius 2 is 2.19 bits per heavy atom. The Morgan fingerprint density at radius 3 is 2.76 bits per heavy atom. The summed E-state index contributed by atoms with van der Waals surface area (Å²) in [6, 6.07) is 5.59. The van der Waals surface area contributed by atoms with E-state index in [0.29, 0.717) is 17.5 Å². The molecule has 5 heteroatoms. The lowest BCUT2D eigenvalue weighted by molar-refractivity contribution is 0.0697. The topological polar surface area (TPSA) is 58.4 Å². The van der Waals surface area contributed by atoms with E-state index in [1.54, 1.807) is 12.1 Å². The number of carboxylic acid groups (broad SMARTS) is 1. The predicted molar refractivity (Wildman–Crippen MR) is 81.9 cm³/mol. The van der Waals surface area contributed by atoms with Crippen LogP contribution in [0.1, 0.15) is 48.4 Å². The Labute approximate surface area is 124 Å². The van der Waals surface area contributed by atoms with Gasteiger partial charge in [0.1, 0.15) is 5.82 Å². The SMILES string of the molecule is CC(C)c1nc2ccc(C(=O)O)cc2n1C1CCN(C)C1. The van der Waals surface area contributed by atoms with E-state index in [-0.39, 0.29) is 0 Å². The summed E-state index contributed by atoms with van der Waals surface area (Å²) in [4.78, 5) is 18.3. The van der Waals surface area contributed by atoms with Crippen LogP contribution >= 0.6 is 0 Å². The van der Waals surface area contributed by atoms with Crippen molar-refractivity contribution in [3.63, 3.8) is 0 Å². The number of nitrogens with zero attached hydrogens (tertiary/aromatic N) is 3. The van der Waals surface area contributed by atoms with Gasteiger partial charge >= 0.3 is 5.97 Å². The van der Waals surface area contributed by atoms with Gasteiger partial charge in [-0.3, -0.25) is 0 Å². The minimum atomic E-state index is -0.890. The zero-order chi connectivity index (χ0) is 15.1. The number of hydrogen-bond donors (Lipinski definition) is 1. The predicted octanol–water partition coefficient (Wildman–Crippen LogP) is 2.73. The fourth-order valence-corrected chi connectivity index (χ4v) is 3.16. The molecule has 1 N–H and O–H groups in total. The molecule has 1 aliphatic rings. The molecule has 2 aromatic rings. The number of likely N-dealkylation sites (tertiary alicyclic amines) is 1. The monoisotopic (exact) mass is 287 g/mol. The van der Waals surface area contributed by atoms with Gasteiger partial charge in [-0.15, -0.1) is 0 Å². The minimum Gasteiger partial charge on any atom is -0.478 e. The van der Waals surface area contributed by atoms with Crippen LogP contribution in [-0.2, 0) is 0 Å². The molecule has 3 rings (SSSR count). The molecule has 0 aliphatic carbocycles. The Bertz CT molecular complexity index is 690. The molecule has 112 valence electrons. The molecule has 0 amide bonds. The highest BCUT2D eigenvalue weighted by Gasteiger charge is 2.26. The van der Waals surface area contributed by atoms with Crippen LogP contribution in [0.15, 0.2) is 18.2 Å². The Kier molecular flexibility index (Phi) is 3.45. The molecular formula is C16H21N3O2. The van der Waals surface area contributed by atoms with E-state index in [1.807, 2.05) is 6.07 Å². The zero-order valence-electron chi connectivity index (χ0n) is 12.7. The third kappa shape index (κ3) is 2.42. The van der Waals surface area contributed by atoms with Gasteiger partial charge in [-0.25, -0.2) is 9.78 Å². The molecule has 21 heavy (non-hydrogen) atoms. The lowest BCUT2D eigenvalue weighted by atomic mass is 10.1. The van der Waals surface area contributed by atoms with Crippen LogP contribution in [0, 0.1) is 0 Å². The average Bonchev–Trinajstić information content (AvgIpc) is 3.00. The molecule has 1 atom stereocenters. The molecule has 0 radical (unpaired) electrons. The van der Waals surface area contributed by atoms with Crippen molar-refractivity contribution < 1.29 is 9.90 Å². The first-order chi connectivity index (χ1) is 9.97. The third-order valence-corrected chi connectivity index (χ3v) is 4.21. The lowest BCUT2D eigenvalue weighted by Gasteiger charge is -2.18. The number of benzene rings is 1. The normalized spacial score (nSPS) is 19.7. The van der Waals surface area contributed by atoms with Crippen molar-refractivity contribution in [2.45, 2.75) is 32.2 Å². The van der Waals surface area contributed by atoms with Gasteiger partial charge < -0.3 is 14.6 Å². The van der Waals surface area contributed by atoms with Crippen molar-refractivity contribution in [2.75, 3.05) is 20.1 Å². The number of aromatic carboxylic acids is 1. The number of aromatic nitrogens is 2. The van der Waals surface area contributed by atoms with Crippen molar-refractivity contribution >= 4 is 17.0 Å². The third-order valence-electron chi connectivity index (χ3n) is 4.21. The van der Waals surface area contributed by atoms with Gasteiger partial charge in [0.25, 0.3) is 0 Å². The lowest BCUT2D eigenvalue weighted by Crippen LogP contribution is -2.18. The van der Waals surface area contributed by atoms with Crippen molar-refractivity contribution in [3.8, 4) is 0 Å². The molecule has 5 nitrogen and oxygen atoms in total. The van der Waals surface area contributed by atoms with Crippen LogP contribution < -0.4 is 0 Å². The summed E-state index contributed by atoms with van der Waals surface area (Å²) in [7, 11) is 2.12. The van der Waals surface area contributed by atoms with E-state index in [1.165, 1.54) is 0 Å². The van der Waals surface area contributed by atoms with Crippen molar-refractivity contribution in [2.24, 2.45) is 0 Å². The Balaban J connectivity index is 2.19. The number of imidazole rings is 1. The Morgan fingerprint density at radius 1 is 1.43 bits per heavy atom. The maximum absolute atomic E-state index is 11.2. The second-order valence-corrected chi connectivity index (χ2v) is 6.21. The van der Waals surface area contributed by atoms with Gasteiger partial charge in [0.05, 0.1) is 16.6 Å². The van der Waals surface area contributed by atoms with Crippen LogP contribution in [0.2, 0.25) is 0 Å². The first-order valence-corrected chi connectivity index (χ1v) is 7.41. The summed E-state index contributed by atoms with van der Waals surface area (Å²) < 4.78 is 2.26. The first-order valence-electron chi connectivity index (χ1n) is 7.41. The van der Waals surface area contributed by atoms with Crippen LogP contribution in [0.25, 0.3) is 11.0 Å². The van der Waals surface area contributed by atoms with Crippen molar-refractivity contribution in [1.29, 1.82) is 0 Å². The molecule has 1 unspecified atom stereocenters. The molecular weight excluding hydrogens is 266 g/mol. The van der Waals surface area contributed by atoms with E-state index < -0.39 is 5.97 Å². The number of hydrogen-bond acceptors (Lipinski definition) is 3. The number of fused-ring (bicyclic) bond motifs is 1. The van der Waals surface area contributed by atoms with Crippen LogP contribution in [-0.4, -0.2) is 45.7 Å². The average molecular weight is 287 g/mol. The van der Waals surface area contributed by atoms with Gasteiger partial charge in [-0.05, 0) is 38.2 Å². The highest BCUT2D eigenvalue weighted by molar-refractivity contribution is 5.92. The summed E-state index contributed by atoms with van der Waals surface area (Å²) in [5.41, 5.74) is 2.16. The highest BCUT2D eigenvalue weighted by atomic mass is 16.4. The maximum Gasteiger partial charge on any atom is 0.335 e. The van der Waals surface area contributed by atoms with Gasteiger partial charge in [0.2, 0.25) is 0 Å². The highest BCUT2D eigenvalue weighted by Crippen LogP contribution is 2.31. The molecule has 1 aliphatic heterocycles. The van der Waals surface area contributed by atoms with E-state index in [4.69, 9.17) is 4.98 Å². The molecule has 0 saturated carbocycles. The number of likely N-dealkylation sites (N-methyl/N-ethyl adjacent to an activating group) is 1. The standard InChI is InChI=1S/C16H21N3O2/c1-10(2)15-17-13-5-4-11(16(20)21)8-14(13)19(15)12-6-7-18(3)9-12/h4-5,8,10,12H,6-7,9H2,1-3H3,(H,20,21). The van der Waals surface area contributed by atoms with Crippen LogP contribution in [0.3, 0.4) is 0 Å². The maximum atomic E-state index is 11.2. The fraction of sp³-hybridized carbons (Fsp3) is 0.500. The number of carbonyl (C=O) groups is 1. The van der Waals surface area contributed by atoms with Crippen LogP contribution in [0.5, 0.6) is 0 Å². The molecule has 1 saturated heterocycles. The Hall–Kier alpha value is -1.88. The molecule has 1 aromatic carbocycles. The summed E-state index contributed by atoms with van der Waals surface area (Å²) in [5.74, 6) is 0.476. The fourth-order valence-electron chi connectivity index (χ4n) is 3.16. The summed E-state index contributed by atoms with van der Waals surface area (Å²) in [6.07, 6.45) is 1.08. The summed E-state index contributed by atoms with van der Waals surface area (Å²) in [5, 5.41) is 9.22. The quantitative estimate of drug-likeness (QED) is 0.943. The second kappa shape index (κ2) is 5.15. The zero-order valence-corrected chi connectivity index (χ0v) is 12.7. The van der Waals surface area contributed by atoms with Gasteiger partial charge in [0, 0.05) is 18.5 Å². The molecule has 0 spiro atoms. The largest absolute Gasteiger partial charge is 0.478 e. The van der Waals surface area contributed by atoms with E-state index in [2.05, 4.69) is 30.4 Å². The smallest absolute Gasteiger partial charge is 0.335 e. The summed E-state index contributed by atoms with van der Waals surface area (Å²) in [6.45, 7) is 6.33. The van der Waals surface area contributed by atoms with E-state index in [9.17, 15) is 9.90 Å². The molecule has 2 heterocycles. The molecule has 0 bridgehead atoms. The van der Waals surface area contributed by atoms with Crippen molar-refractivity contribution in [3.05, 3.63) is 29.6 Å². The minimum absolute atomic E-state index is 0.316.